The third-order valence-corrected chi connectivity index (χ3v) is 3.72. The van der Waals surface area contributed by atoms with E-state index in [1.165, 1.54) is 0 Å². The van der Waals surface area contributed by atoms with Gasteiger partial charge >= 0.3 is 5.97 Å². The van der Waals surface area contributed by atoms with E-state index in [2.05, 4.69) is 20.9 Å². The van der Waals surface area contributed by atoms with Crippen molar-refractivity contribution >= 4 is 32.7 Å². The van der Waals surface area contributed by atoms with Crippen LogP contribution in [-0.4, -0.2) is 20.6 Å². The minimum Gasteiger partial charge on any atom is -0.478 e. The van der Waals surface area contributed by atoms with Crippen LogP contribution < -0.4 is 0 Å². The van der Waals surface area contributed by atoms with Gasteiger partial charge in [-0.15, -0.1) is 0 Å². The number of halogens is 1. The standard InChI is InChI=1S/C15H11BrN2O2/c1-18-5-4-17-14(18)10-6-9-2-3-11(16)8-12(9)13(7-10)15(19)20/h2-8H,1H3,(H,19,20). The smallest absolute Gasteiger partial charge is 0.336 e. The number of aromatic nitrogens is 2. The van der Waals surface area contributed by atoms with E-state index in [0.29, 0.717) is 5.39 Å². The highest BCUT2D eigenvalue weighted by Crippen LogP contribution is 2.29. The average molecular weight is 331 g/mol. The van der Waals surface area contributed by atoms with E-state index in [4.69, 9.17) is 0 Å². The highest BCUT2D eigenvalue weighted by Gasteiger charge is 2.13. The largest absolute Gasteiger partial charge is 0.478 e. The van der Waals surface area contributed by atoms with Crippen molar-refractivity contribution in [3.8, 4) is 11.4 Å². The van der Waals surface area contributed by atoms with E-state index in [0.717, 1.165) is 21.2 Å². The molecule has 0 radical (unpaired) electrons. The molecule has 2 aromatic carbocycles. The van der Waals surface area contributed by atoms with Gasteiger partial charge in [-0.2, -0.15) is 0 Å². The van der Waals surface area contributed by atoms with Crippen LogP contribution in [0.3, 0.4) is 0 Å². The summed E-state index contributed by atoms with van der Waals surface area (Å²) in [6.07, 6.45) is 3.53. The van der Waals surface area contributed by atoms with Gasteiger partial charge in [-0.05, 0) is 35.0 Å². The fourth-order valence-electron chi connectivity index (χ4n) is 2.28. The first-order chi connectivity index (χ1) is 9.56. The summed E-state index contributed by atoms with van der Waals surface area (Å²) in [6, 6.07) is 9.24. The molecule has 0 fully saturated rings. The SMILES string of the molecule is Cn1ccnc1-c1cc(C(=O)O)c2cc(Br)ccc2c1. The molecule has 0 aliphatic rings. The molecule has 20 heavy (non-hydrogen) atoms. The molecule has 0 aliphatic heterocycles. The molecule has 0 atom stereocenters. The monoisotopic (exact) mass is 330 g/mol. The van der Waals surface area contributed by atoms with Crippen LogP contribution in [0.1, 0.15) is 10.4 Å². The van der Waals surface area contributed by atoms with Crippen LogP contribution in [0.25, 0.3) is 22.2 Å². The second-order valence-electron chi connectivity index (χ2n) is 4.56. The molecule has 3 aromatic rings. The van der Waals surface area contributed by atoms with Gasteiger partial charge in [0.1, 0.15) is 5.82 Å². The number of rotatable bonds is 2. The summed E-state index contributed by atoms with van der Waals surface area (Å²) in [7, 11) is 1.88. The first-order valence-corrected chi connectivity index (χ1v) is 6.80. The van der Waals surface area contributed by atoms with E-state index in [1.54, 1.807) is 12.3 Å². The summed E-state index contributed by atoms with van der Waals surface area (Å²) in [5, 5.41) is 11.0. The van der Waals surface area contributed by atoms with Crippen LogP contribution in [0.15, 0.2) is 47.2 Å². The normalized spacial score (nSPS) is 10.9. The number of nitrogens with zero attached hydrogens (tertiary/aromatic N) is 2. The Hall–Kier alpha value is -2.14. The molecule has 0 spiro atoms. The summed E-state index contributed by atoms with van der Waals surface area (Å²) < 4.78 is 2.73. The predicted octanol–water partition coefficient (Wildman–Crippen LogP) is 3.70. The van der Waals surface area contributed by atoms with Crippen molar-refractivity contribution in [2.24, 2.45) is 7.05 Å². The minimum atomic E-state index is -0.941. The van der Waals surface area contributed by atoms with Crippen LogP contribution >= 0.6 is 15.9 Å². The van der Waals surface area contributed by atoms with Crippen molar-refractivity contribution in [3.05, 3.63) is 52.8 Å². The second-order valence-corrected chi connectivity index (χ2v) is 5.47. The highest BCUT2D eigenvalue weighted by molar-refractivity contribution is 9.10. The quantitative estimate of drug-likeness (QED) is 0.779. The van der Waals surface area contributed by atoms with Crippen molar-refractivity contribution in [3.63, 3.8) is 0 Å². The van der Waals surface area contributed by atoms with Crippen LogP contribution in [0.2, 0.25) is 0 Å². The Kier molecular flexibility index (Phi) is 3.06. The number of benzene rings is 2. The zero-order chi connectivity index (χ0) is 14.3. The number of aryl methyl sites for hydroxylation is 1. The third kappa shape index (κ3) is 2.10. The summed E-state index contributed by atoms with van der Waals surface area (Å²) in [5.74, 6) is -0.193. The number of hydrogen-bond donors (Lipinski definition) is 1. The lowest BCUT2D eigenvalue weighted by Gasteiger charge is -2.08. The Morgan fingerprint density at radius 3 is 2.75 bits per heavy atom. The lowest BCUT2D eigenvalue weighted by Crippen LogP contribution is -2.00. The number of carboxylic acids is 1. The highest BCUT2D eigenvalue weighted by atomic mass is 79.9. The maximum absolute atomic E-state index is 11.5. The number of carboxylic acid groups (broad SMARTS) is 1. The molecule has 0 saturated carbocycles. The van der Waals surface area contributed by atoms with Crippen molar-refractivity contribution in [1.29, 1.82) is 0 Å². The molecule has 1 N–H and O–H groups in total. The molecule has 3 rings (SSSR count). The van der Waals surface area contributed by atoms with E-state index in [9.17, 15) is 9.90 Å². The van der Waals surface area contributed by atoms with Gasteiger partial charge < -0.3 is 9.67 Å². The zero-order valence-electron chi connectivity index (χ0n) is 10.7. The summed E-state index contributed by atoms with van der Waals surface area (Å²) in [4.78, 5) is 15.8. The molecule has 1 aromatic heterocycles. The molecule has 0 saturated heterocycles. The van der Waals surface area contributed by atoms with Crippen LogP contribution in [0.4, 0.5) is 0 Å². The molecule has 5 heteroatoms. The molecular weight excluding hydrogens is 320 g/mol. The van der Waals surface area contributed by atoms with Crippen LogP contribution in [-0.2, 0) is 7.05 Å². The van der Waals surface area contributed by atoms with Crippen molar-refractivity contribution in [2.75, 3.05) is 0 Å². The number of imidazole rings is 1. The third-order valence-electron chi connectivity index (χ3n) is 3.23. The van der Waals surface area contributed by atoms with Gasteiger partial charge in [0.2, 0.25) is 0 Å². The average Bonchev–Trinajstić information content (AvgIpc) is 2.83. The van der Waals surface area contributed by atoms with Crippen LogP contribution in [0.5, 0.6) is 0 Å². The first-order valence-electron chi connectivity index (χ1n) is 6.00. The van der Waals surface area contributed by atoms with Gasteiger partial charge in [0.25, 0.3) is 0 Å². The summed E-state index contributed by atoms with van der Waals surface area (Å²) in [6.45, 7) is 0. The van der Waals surface area contributed by atoms with E-state index in [-0.39, 0.29) is 5.56 Å². The van der Waals surface area contributed by atoms with Gasteiger partial charge in [0.15, 0.2) is 0 Å². The van der Waals surface area contributed by atoms with E-state index < -0.39 is 5.97 Å². The Balaban J connectivity index is 2.34. The Bertz CT molecular complexity index is 824. The van der Waals surface area contributed by atoms with Gasteiger partial charge in [-0.3, -0.25) is 0 Å². The predicted molar refractivity (Wildman–Crippen MR) is 80.8 cm³/mol. The van der Waals surface area contributed by atoms with E-state index >= 15 is 0 Å². The molecule has 0 unspecified atom stereocenters. The van der Waals surface area contributed by atoms with Gasteiger partial charge in [-0.25, -0.2) is 9.78 Å². The maximum Gasteiger partial charge on any atom is 0.336 e. The lowest BCUT2D eigenvalue weighted by molar-refractivity contribution is 0.0699. The molecule has 0 aliphatic carbocycles. The summed E-state index contributed by atoms with van der Waals surface area (Å²) >= 11 is 3.38. The number of fused-ring (bicyclic) bond motifs is 1. The number of carbonyl (C=O) groups is 1. The zero-order valence-corrected chi connectivity index (χ0v) is 12.3. The molecular formula is C15H11BrN2O2. The number of aromatic carboxylic acids is 1. The topological polar surface area (TPSA) is 55.1 Å². The first kappa shape index (κ1) is 12.9. The van der Waals surface area contributed by atoms with Crippen molar-refractivity contribution < 1.29 is 9.90 Å². The molecule has 100 valence electrons. The van der Waals surface area contributed by atoms with Gasteiger partial charge in [0, 0.05) is 29.5 Å². The molecule has 0 amide bonds. The second kappa shape index (κ2) is 4.76. The molecule has 4 nitrogen and oxygen atoms in total. The summed E-state index contributed by atoms with van der Waals surface area (Å²) in [5.41, 5.74) is 1.08. The van der Waals surface area contributed by atoms with E-state index in [1.807, 2.05) is 42.1 Å². The number of hydrogen-bond acceptors (Lipinski definition) is 2. The fourth-order valence-corrected chi connectivity index (χ4v) is 2.64. The Labute approximate surface area is 123 Å². The van der Waals surface area contributed by atoms with Gasteiger partial charge in [-0.1, -0.05) is 22.0 Å². The molecule has 0 bridgehead atoms. The van der Waals surface area contributed by atoms with Crippen molar-refractivity contribution in [2.45, 2.75) is 0 Å². The van der Waals surface area contributed by atoms with Crippen molar-refractivity contribution in [1.82, 2.24) is 9.55 Å². The van der Waals surface area contributed by atoms with Crippen LogP contribution in [0, 0.1) is 0 Å². The lowest BCUT2D eigenvalue weighted by atomic mass is 10.0. The molecule has 1 heterocycles. The van der Waals surface area contributed by atoms with Gasteiger partial charge in [0.05, 0.1) is 5.56 Å². The minimum absolute atomic E-state index is 0.279. The fraction of sp³-hybridized carbons (Fsp3) is 0.0667. The Morgan fingerprint density at radius 1 is 1.30 bits per heavy atom. The Morgan fingerprint density at radius 2 is 2.10 bits per heavy atom. The maximum atomic E-state index is 11.5.